The smallest absolute Gasteiger partial charge is 0.151 e. The average Bonchev–Trinajstić information content (AvgIpc) is 2.85. The van der Waals surface area contributed by atoms with E-state index in [1.807, 2.05) is 30.5 Å². The Morgan fingerprint density at radius 3 is 3.00 bits per heavy atom. The van der Waals surface area contributed by atoms with Crippen molar-refractivity contribution in [3.8, 4) is 6.07 Å². The van der Waals surface area contributed by atoms with E-state index < -0.39 is 0 Å². The summed E-state index contributed by atoms with van der Waals surface area (Å²) in [5.74, 6) is 0.560. The Bertz CT molecular complexity index is 542. The molecule has 17 heavy (non-hydrogen) atoms. The van der Waals surface area contributed by atoms with Gasteiger partial charge in [0.05, 0.1) is 17.3 Å². The number of thiophene rings is 1. The number of rotatable bonds is 3. The lowest BCUT2D eigenvalue weighted by molar-refractivity contribution is 0.897. The summed E-state index contributed by atoms with van der Waals surface area (Å²) in [6, 6.07) is 7.82. The number of nitrogens with one attached hydrogen (secondary N) is 1. The summed E-state index contributed by atoms with van der Waals surface area (Å²) >= 11 is 1.67. The van der Waals surface area contributed by atoms with Crippen LogP contribution in [-0.2, 0) is 0 Å². The van der Waals surface area contributed by atoms with E-state index in [0.29, 0.717) is 17.1 Å². The third-order valence-corrected chi connectivity index (χ3v) is 3.49. The first-order chi connectivity index (χ1) is 8.22. The second-order valence-corrected chi connectivity index (χ2v) is 4.59. The van der Waals surface area contributed by atoms with E-state index >= 15 is 0 Å². The molecule has 5 heteroatoms. The van der Waals surface area contributed by atoms with Crippen LogP contribution in [0.25, 0.3) is 0 Å². The van der Waals surface area contributed by atoms with Crippen LogP contribution in [0.4, 0.5) is 11.5 Å². The molecule has 0 saturated carbocycles. The molecule has 0 aromatic carbocycles. The molecule has 2 rings (SSSR count). The SMILES string of the molecule is CC(Nc1nccc(C#N)c1N)c1cccs1. The lowest BCUT2D eigenvalue weighted by Gasteiger charge is -2.14. The fourth-order valence-electron chi connectivity index (χ4n) is 1.50. The molecule has 0 saturated heterocycles. The molecule has 0 aliphatic heterocycles. The van der Waals surface area contributed by atoms with Gasteiger partial charge in [-0.2, -0.15) is 5.26 Å². The lowest BCUT2D eigenvalue weighted by atomic mass is 10.2. The van der Waals surface area contributed by atoms with Gasteiger partial charge in [0, 0.05) is 11.1 Å². The molecular weight excluding hydrogens is 232 g/mol. The van der Waals surface area contributed by atoms with E-state index in [0.717, 1.165) is 0 Å². The van der Waals surface area contributed by atoms with E-state index in [2.05, 4.69) is 10.3 Å². The molecule has 86 valence electrons. The standard InChI is InChI=1S/C12H12N4S/c1-8(10-3-2-6-17-10)16-12-11(14)9(7-13)4-5-15-12/h2-6,8H,14H2,1H3,(H,15,16). The minimum atomic E-state index is 0.124. The predicted octanol–water partition coefficient (Wildman–Crippen LogP) is 2.77. The van der Waals surface area contributed by atoms with Crippen molar-refractivity contribution in [2.75, 3.05) is 11.1 Å². The maximum absolute atomic E-state index is 8.88. The first kappa shape index (κ1) is 11.4. The van der Waals surface area contributed by atoms with Crippen molar-refractivity contribution < 1.29 is 0 Å². The molecule has 0 aliphatic rings. The van der Waals surface area contributed by atoms with Gasteiger partial charge in [0.15, 0.2) is 5.82 Å². The number of hydrogen-bond acceptors (Lipinski definition) is 5. The van der Waals surface area contributed by atoms with Crippen LogP contribution in [0.3, 0.4) is 0 Å². The summed E-state index contributed by atoms with van der Waals surface area (Å²) in [6.07, 6.45) is 1.58. The molecule has 1 unspecified atom stereocenters. The third-order valence-electron chi connectivity index (χ3n) is 2.43. The van der Waals surface area contributed by atoms with Gasteiger partial charge < -0.3 is 11.1 Å². The zero-order valence-electron chi connectivity index (χ0n) is 9.34. The van der Waals surface area contributed by atoms with Crippen LogP contribution in [0.15, 0.2) is 29.8 Å². The molecule has 2 heterocycles. The van der Waals surface area contributed by atoms with Gasteiger partial charge in [-0.15, -0.1) is 11.3 Å². The molecule has 0 fully saturated rings. The molecule has 0 radical (unpaired) electrons. The number of anilines is 2. The monoisotopic (exact) mass is 244 g/mol. The molecular formula is C12H12N4S. The van der Waals surface area contributed by atoms with Crippen LogP contribution >= 0.6 is 11.3 Å². The molecule has 0 bridgehead atoms. The predicted molar refractivity (Wildman–Crippen MR) is 69.7 cm³/mol. The van der Waals surface area contributed by atoms with Gasteiger partial charge in [0.1, 0.15) is 6.07 Å². The molecule has 1 atom stereocenters. The summed E-state index contributed by atoms with van der Waals surface area (Å²) in [4.78, 5) is 5.36. The number of hydrogen-bond donors (Lipinski definition) is 2. The lowest BCUT2D eigenvalue weighted by Crippen LogP contribution is -2.09. The van der Waals surface area contributed by atoms with Crippen molar-refractivity contribution in [1.29, 1.82) is 5.26 Å². The van der Waals surface area contributed by atoms with Crippen LogP contribution in [0.5, 0.6) is 0 Å². The van der Waals surface area contributed by atoms with E-state index in [1.54, 1.807) is 23.6 Å². The molecule has 0 amide bonds. The molecule has 3 N–H and O–H groups in total. The maximum Gasteiger partial charge on any atom is 0.151 e. The Hall–Kier alpha value is -2.06. The first-order valence-corrected chi connectivity index (χ1v) is 6.05. The third kappa shape index (κ3) is 2.37. The highest BCUT2D eigenvalue weighted by Gasteiger charge is 2.11. The van der Waals surface area contributed by atoms with E-state index in [4.69, 9.17) is 11.0 Å². The topological polar surface area (TPSA) is 74.7 Å². The molecule has 0 spiro atoms. The number of aromatic nitrogens is 1. The Kier molecular flexibility index (Phi) is 3.26. The molecule has 0 aliphatic carbocycles. The minimum absolute atomic E-state index is 0.124. The highest BCUT2D eigenvalue weighted by Crippen LogP contribution is 2.26. The van der Waals surface area contributed by atoms with Crippen molar-refractivity contribution in [2.45, 2.75) is 13.0 Å². The van der Waals surface area contributed by atoms with E-state index in [1.165, 1.54) is 4.88 Å². The van der Waals surface area contributed by atoms with Crippen LogP contribution in [-0.4, -0.2) is 4.98 Å². The highest BCUT2D eigenvalue weighted by atomic mass is 32.1. The second kappa shape index (κ2) is 4.85. The van der Waals surface area contributed by atoms with Gasteiger partial charge in [0.2, 0.25) is 0 Å². The summed E-state index contributed by atoms with van der Waals surface area (Å²) in [5, 5.41) is 14.1. The van der Waals surface area contributed by atoms with Crippen molar-refractivity contribution in [3.05, 3.63) is 40.2 Å². The quantitative estimate of drug-likeness (QED) is 0.870. The highest BCUT2D eigenvalue weighted by molar-refractivity contribution is 7.10. The first-order valence-electron chi connectivity index (χ1n) is 5.17. The van der Waals surface area contributed by atoms with Crippen molar-refractivity contribution in [3.63, 3.8) is 0 Å². The van der Waals surface area contributed by atoms with Gasteiger partial charge >= 0.3 is 0 Å². The van der Waals surface area contributed by atoms with Crippen molar-refractivity contribution >= 4 is 22.8 Å². The van der Waals surface area contributed by atoms with Crippen LogP contribution in [0.1, 0.15) is 23.4 Å². The second-order valence-electron chi connectivity index (χ2n) is 3.61. The van der Waals surface area contributed by atoms with Gasteiger partial charge in [-0.05, 0) is 24.4 Å². The normalized spacial score (nSPS) is 11.8. The van der Waals surface area contributed by atoms with Crippen LogP contribution < -0.4 is 11.1 Å². The summed E-state index contributed by atoms with van der Waals surface area (Å²) < 4.78 is 0. The van der Waals surface area contributed by atoms with Crippen LogP contribution in [0.2, 0.25) is 0 Å². The van der Waals surface area contributed by atoms with E-state index in [-0.39, 0.29) is 6.04 Å². The molecule has 4 nitrogen and oxygen atoms in total. The average molecular weight is 244 g/mol. The zero-order chi connectivity index (χ0) is 12.3. The van der Waals surface area contributed by atoms with Crippen molar-refractivity contribution in [2.24, 2.45) is 0 Å². The van der Waals surface area contributed by atoms with Gasteiger partial charge in [0.25, 0.3) is 0 Å². The van der Waals surface area contributed by atoms with Crippen LogP contribution in [0, 0.1) is 11.3 Å². The Balaban J connectivity index is 2.23. The number of pyridine rings is 1. The van der Waals surface area contributed by atoms with Gasteiger partial charge in [-0.3, -0.25) is 0 Å². The minimum Gasteiger partial charge on any atom is -0.395 e. The summed E-state index contributed by atoms with van der Waals surface area (Å²) in [7, 11) is 0. The number of nitrogens with two attached hydrogens (primary N) is 1. The fourth-order valence-corrected chi connectivity index (χ4v) is 2.23. The Labute approximate surface area is 104 Å². The van der Waals surface area contributed by atoms with Gasteiger partial charge in [-0.1, -0.05) is 6.07 Å². The van der Waals surface area contributed by atoms with Gasteiger partial charge in [-0.25, -0.2) is 4.98 Å². The van der Waals surface area contributed by atoms with Crippen molar-refractivity contribution in [1.82, 2.24) is 4.98 Å². The number of nitrogen functional groups attached to an aromatic ring is 1. The Morgan fingerprint density at radius 1 is 1.53 bits per heavy atom. The zero-order valence-corrected chi connectivity index (χ0v) is 10.2. The fraction of sp³-hybridized carbons (Fsp3) is 0.167. The largest absolute Gasteiger partial charge is 0.395 e. The molecule has 2 aromatic rings. The number of nitrogens with zero attached hydrogens (tertiary/aromatic N) is 2. The summed E-state index contributed by atoms with van der Waals surface area (Å²) in [6.45, 7) is 2.03. The van der Waals surface area contributed by atoms with E-state index in [9.17, 15) is 0 Å². The Morgan fingerprint density at radius 2 is 2.35 bits per heavy atom. The summed E-state index contributed by atoms with van der Waals surface area (Å²) in [5.41, 5.74) is 6.70. The molecule has 2 aromatic heterocycles. The number of nitriles is 1. The maximum atomic E-state index is 8.88.